The molecule has 0 spiro atoms. The number of carboxylic acids is 1. The minimum absolute atomic E-state index is 0.0274. The summed E-state index contributed by atoms with van der Waals surface area (Å²) in [5.74, 6) is -0.839. The lowest BCUT2D eigenvalue weighted by molar-refractivity contribution is -0.135. The van der Waals surface area contributed by atoms with Crippen molar-refractivity contribution >= 4 is 11.7 Å². The summed E-state index contributed by atoms with van der Waals surface area (Å²) in [6.07, 6.45) is 3.73. The van der Waals surface area contributed by atoms with Gasteiger partial charge < -0.3 is 10.0 Å². The van der Waals surface area contributed by atoms with Crippen LogP contribution in [0.2, 0.25) is 0 Å². The second kappa shape index (κ2) is 6.23. The van der Waals surface area contributed by atoms with Gasteiger partial charge in [-0.25, -0.2) is 0 Å². The fourth-order valence-electron chi connectivity index (χ4n) is 2.04. The monoisotopic (exact) mass is 273 g/mol. The molecule has 0 saturated heterocycles. The average molecular weight is 273 g/mol. The molecule has 2 rings (SSSR count). The third-order valence-electron chi connectivity index (χ3n) is 3.11. The molecule has 0 bridgehead atoms. The Bertz CT molecular complexity index is 575. The molecule has 2 aromatic rings. The predicted octanol–water partition coefficient (Wildman–Crippen LogP) is 2.30. The summed E-state index contributed by atoms with van der Waals surface area (Å²) in [5, 5.41) is 13.3. The number of benzene rings is 1. The Morgan fingerprint density at radius 1 is 1.35 bits per heavy atom. The van der Waals surface area contributed by atoms with Gasteiger partial charge in [0.05, 0.1) is 6.20 Å². The van der Waals surface area contributed by atoms with Crippen LogP contribution in [0.25, 0.3) is 0 Å². The summed E-state index contributed by atoms with van der Waals surface area (Å²) in [5.41, 5.74) is 3.07. The smallest absolute Gasteiger partial charge is 0.323 e. The molecular weight excluding hydrogens is 254 g/mol. The summed E-state index contributed by atoms with van der Waals surface area (Å²) in [6.45, 7) is 5.35. The van der Waals surface area contributed by atoms with E-state index in [4.69, 9.17) is 5.11 Å². The Morgan fingerprint density at radius 3 is 2.60 bits per heavy atom. The van der Waals surface area contributed by atoms with Gasteiger partial charge in [-0.2, -0.15) is 5.10 Å². The van der Waals surface area contributed by atoms with Gasteiger partial charge in [-0.3, -0.25) is 9.48 Å². The molecule has 106 valence electrons. The molecule has 0 aliphatic heterocycles. The topological polar surface area (TPSA) is 58.4 Å². The third kappa shape index (κ3) is 3.60. The van der Waals surface area contributed by atoms with Crippen molar-refractivity contribution < 1.29 is 9.90 Å². The lowest BCUT2D eigenvalue weighted by Gasteiger charge is -2.22. The van der Waals surface area contributed by atoms with Gasteiger partial charge >= 0.3 is 5.97 Å². The van der Waals surface area contributed by atoms with Crippen LogP contribution in [0.4, 0.5) is 5.69 Å². The molecule has 5 heteroatoms. The molecule has 0 amide bonds. The number of hydrogen-bond acceptors (Lipinski definition) is 3. The predicted molar refractivity (Wildman–Crippen MR) is 77.8 cm³/mol. The summed E-state index contributed by atoms with van der Waals surface area (Å²) in [6, 6.07) is 7.87. The van der Waals surface area contributed by atoms with Crippen LogP contribution in [0.15, 0.2) is 36.7 Å². The molecular formula is C15H19N3O2. The molecule has 0 aliphatic carbocycles. The average Bonchev–Trinajstić information content (AvgIpc) is 2.86. The normalized spacial score (nSPS) is 10.5. The number of anilines is 1. The largest absolute Gasteiger partial charge is 0.480 e. The lowest BCUT2D eigenvalue weighted by atomic mass is 10.2. The van der Waals surface area contributed by atoms with Crippen molar-refractivity contribution in [3.8, 4) is 0 Å². The van der Waals surface area contributed by atoms with E-state index in [9.17, 15) is 4.79 Å². The number of carboxylic acid groups (broad SMARTS) is 1. The van der Waals surface area contributed by atoms with Crippen molar-refractivity contribution in [2.45, 2.75) is 26.9 Å². The van der Waals surface area contributed by atoms with E-state index < -0.39 is 5.97 Å². The van der Waals surface area contributed by atoms with Crippen LogP contribution >= 0.6 is 0 Å². The van der Waals surface area contributed by atoms with Crippen molar-refractivity contribution in [1.29, 1.82) is 0 Å². The molecule has 0 aliphatic rings. The number of aliphatic carboxylic acids is 1. The first kappa shape index (κ1) is 14.1. The van der Waals surface area contributed by atoms with Gasteiger partial charge in [0, 0.05) is 30.5 Å². The molecule has 0 unspecified atom stereocenters. The van der Waals surface area contributed by atoms with E-state index in [1.54, 1.807) is 6.20 Å². The molecule has 1 aromatic heterocycles. The van der Waals surface area contributed by atoms with Gasteiger partial charge in [-0.1, -0.05) is 17.7 Å². The first-order valence-corrected chi connectivity index (χ1v) is 6.63. The van der Waals surface area contributed by atoms with E-state index in [1.165, 1.54) is 0 Å². The van der Waals surface area contributed by atoms with Crippen molar-refractivity contribution in [1.82, 2.24) is 9.78 Å². The minimum Gasteiger partial charge on any atom is -0.480 e. The third-order valence-corrected chi connectivity index (χ3v) is 3.11. The highest BCUT2D eigenvalue weighted by atomic mass is 16.4. The summed E-state index contributed by atoms with van der Waals surface area (Å²) in [7, 11) is 0. The Balaban J connectivity index is 2.18. The fraction of sp³-hybridized carbons (Fsp3) is 0.333. The maximum Gasteiger partial charge on any atom is 0.323 e. The molecule has 1 heterocycles. The highest BCUT2D eigenvalue weighted by Gasteiger charge is 2.12. The van der Waals surface area contributed by atoms with Crippen LogP contribution in [-0.2, 0) is 17.9 Å². The van der Waals surface area contributed by atoms with E-state index in [0.29, 0.717) is 6.54 Å². The number of nitrogens with zero attached hydrogens (tertiary/aromatic N) is 3. The van der Waals surface area contributed by atoms with Crippen LogP contribution < -0.4 is 4.90 Å². The quantitative estimate of drug-likeness (QED) is 0.877. The van der Waals surface area contributed by atoms with Gasteiger partial charge in [-0.15, -0.1) is 0 Å². The van der Waals surface area contributed by atoms with Crippen LogP contribution in [0.5, 0.6) is 0 Å². The van der Waals surface area contributed by atoms with Crippen LogP contribution in [0, 0.1) is 6.92 Å². The Kier molecular flexibility index (Phi) is 4.40. The molecule has 0 fully saturated rings. The summed E-state index contributed by atoms with van der Waals surface area (Å²) >= 11 is 0. The van der Waals surface area contributed by atoms with E-state index >= 15 is 0 Å². The summed E-state index contributed by atoms with van der Waals surface area (Å²) < 4.78 is 1.84. The van der Waals surface area contributed by atoms with Crippen LogP contribution in [-0.4, -0.2) is 27.4 Å². The molecule has 5 nitrogen and oxygen atoms in total. The number of aromatic nitrogens is 2. The van der Waals surface area contributed by atoms with Crippen molar-refractivity contribution in [3.63, 3.8) is 0 Å². The fourth-order valence-corrected chi connectivity index (χ4v) is 2.04. The highest BCUT2D eigenvalue weighted by Crippen LogP contribution is 2.17. The number of carbonyl (C=O) groups is 1. The second-order valence-electron chi connectivity index (χ2n) is 4.79. The Morgan fingerprint density at radius 2 is 2.05 bits per heavy atom. The molecule has 0 saturated carbocycles. The minimum atomic E-state index is -0.839. The molecule has 0 radical (unpaired) electrons. The van der Waals surface area contributed by atoms with Crippen molar-refractivity contribution in [3.05, 3.63) is 47.8 Å². The number of hydrogen-bond donors (Lipinski definition) is 1. The zero-order chi connectivity index (χ0) is 14.5. The molecule has 20 heavy (non-hydrogen) atoms. The SMILES string of the molecule is CCn1cc(CN(CC(=O)O)c2ccc(C)cc2)cn1. The van der Waals surface area contributed by atoms with E-state index in [1.807, 2.05) is 53.9 Å². The maximum absolute atomic E-state index is 11.0. The molecule has 1 N–H and O–H groups in total. The van der Waals surface area contributed by atoms with E-state index in [-0.39, 0.29) is 6.54 Å². The lowest BCUT2D eigenvalue weighted by Crippen LogP contribution is -2.29. The summed E-state index contributed by atoms with van der Waals surface area (Å²) in [4.78, 5) is 12.9. The number of rotatable bonds is 6. The van der Waals surface area contributed by atoms with E-state index in [2.05, 4.69) is 5.10 Å². The zero-order valence-electron chi connectivity index (χ0n) is 11.8. The first-order valence-electron chi connectivity index (χ1n) is 6.63. The van der Waals surface area contributed by atoms with Gasteiger partial charge in [0.15, 0.2) is 0 Å². The van der Waals surface area contributed by atoms with Gasteiger partial charge in [0.25, 0.3) is 0 Å². The second-order valence-corrected chi connectivity index (χ2v) is 4.79. The Hall–Kier alpha value is -2.30. The van der Waals surface area contributed by atoms with Crippen LogP contribution in [0.3, 0.4) is 0 Å². The van der Waals surface area contributed by atoms with Crippen molar-refractivity contribution in [2.75, 3.05) is 11.4 Å². The highest BCUT2D eigenvalue weighted by molar-refractivity contribution is 5.73. The Labute approximate surface area is 118 Å². The maximum atomic E-state index is 11.0. The van der Waals surface area contributed by atoms with Gasteiger partial charge in [0.1, 0.15) is 6.54 Å². The van der Waals surface area contributed by atoms with E-state index in [0.717, 1.165) is 23.4 Å². The van der Waals surface area contributed by atoms with Crippen molar-refractivity contribution in [2.24, 2.45) is 0 Å². The zero-order valence-corrected chi connectivity index (χ0v) is 11.8. The van der Waals surface area contributed by atoms with Crippen LogP contribution in [0.1, 0.15) is 18.1 Å². The van der Waals surface area contributed by atoms with Gasteiger partial charge in [-0.05, 0) is 26.0 Å². The molecule has 1 aromatic carbocycles. The standard InChI is InChI=1S/C15H19N3O2/c1-3-18-10-13(8-16-18)9-17(11-15(19)20)14-6-4-12(2)5-7-14/h4-8,10H,3,9,11H2,1-2H3,(H,19,20). The number of aryl methyl sites for hydroxylation is 2. The first-order chi connectivity index (χ1) is 9.58. The van der Waals surface area contributed by atoms with Gasteiger partial charge in [0.2, 0.25) is 0 Å². The molecule has 0 atom stereocenters.